The number of ether oxygens (including phenoxy) is 1. The molecule has 0 aliphatic carbocycles. The third-order valence-electron chi connectivity index (χ3n) is 8.43. The number of nitrogens with zero attached hydrogens (tertiary/aromatic N) is 7. The maximum Gasteiger partial charge on any atom is 0.247 e. The van der Waals surface area contributed by atoms with Gasteiger partial charge < -0.3 is 25.4 Å². The molecule has 6 heterocycles. The summed E-state index contributed by atoms with van der Waals surface area (Å²) in [5.74, 6) is 0.692. The summed E-state index contributed by atoms with van der Waals surface area (Å²) in [4.78, 5) is 26.7. The van der Waals surface area contributed by atoms with Gasteiger partial charge in [0.2, 0.25) is 5.91 Å². The summed E-state index contributed by atoms with van der Waals surface area (Å²) < 4.78 is 7.88. The molecule has 3 aromatic rings. The lowest BCUT2D eigenvalue weighted by Crippen LogP contribution is -2.60. The number of carbonyl (C=O) groups excluding carboxylic acids is 1. The van der Waals surface area contributed by atoms with Crippen LogP contribution in [0.4, 0.5) is 11.5 Å². The Hall–Kier alpha value is -3.85. The van der Waals surface area contributed by atoms with Crippen LogP contribution in [0.5, 0.6) is 0 Å². The van der Waals surface area contributed by atoms with Crippen molar-refractivity contribution in [3.8, 4) is 6.07 Å². The number of hydrogen-bond acceptors (Lipinski definition) is 9. The van der Waals surface area contributed by atoms with E-state index in [0.29, 0.717) is 51.0 Å². The fourth-order valence-corrected chi connectivity index (χ4v) is 6.20. The van der Waals surface area contributed by atoms with Gasteiger partial charge in [-0.1, -0.05) is 6.07 Å². The summed E-state index contributed by atoms with van der Waals surface area (Å²) in [6.45, 7) is 6.06. The van der Waals surface area contributed by atoms with Crippen LogP contribution in [0, 0.1) is 11.3 Å². The zero-order valence-corrected chi connectivity index (χ0v) is 23.5. The Balaban J connectivity index is 1.14. The van der Waals surface area contributed by atoms with E-state index < -0.39 is 11.1 Å². The highest BCUT2D eigenvalue weighted by molar-refractivity contribution is 6.01. The molecule has 0 bridgehead atoms. The molecular weight excluding hydrogens is 520 g/mol. The van der Waals surface area contributed by atoms with E-state index in [9.17, 15) is 15.2 Å². The average molecular weight is 557 g/mol. The monoisotopic (exact) mass is 556 g/mol. The first kappa shape index (κ1) is 27.3. The minimum absolute atomic E-state index is 0.0317. The number of aliphatic hydroxyl groups is 1. The second kappa shape index (κ2) is 10.5. The highest BCUT2D eigenvalue weighted by Crippen LogP contribution is 2.37. The molecule has 0 saturated carbocycles. The molecule has 0 radical (unpaired) electrons. The Morgan fingerprint density at radius 1 is 1.22 bits per heavy atom. The van der Waals surface area contributed by atoms with Crippen LogP contribution in [0.15, 0.2) is 42.9 Å². The first-order valence-electron chi connectivity index (χ1n) is 14.2. The standard InChI is InChI=1S/C30H36N8O3/c1-29(2,40)19-41-22-14-23(27-21(15-31)17-35-38(27)18-22)20-5-6-26(34-16-20)36-12-8-30(32,9-13-36)28(39)37-11-7-24-25(37)4-3-10-33-24/h3-6,10,16-17,22-23,40H,7-9,11-14,18-19,32H2,1-2H3. The number of anilines is 2. The normalized spacial score (nSPS) is 21.7. The molecule has 3 aliphatic rings. The van der Waals surface area contributed by atoms with Gasteiger partial charge >= 0.3 is 0 Å². The van der Waals surface area contributed by atoms with Gasteiger partial charge in [0.25, 0.3) is 0 Å². The number of aromatic nitrogens is 4. The van der Waals surface area contributed by atoms with Crippen molar-refractivity contribution in [3.05, 3.63) is 65.4 Å². The van der Waals surface area contributed by atoms with Crippen LogP contribution in [0.1, 0.15) is 61.5 Å². The molecular formula is C30H36N8O3. The van der Waals surface area contributed by atoms with Gasteiger partial charge in [-0.15, -0.1) is 0 Å². The molecule has 3 aromatic heterocycles. The second-order valence-corrected chi connectivity index (χ2v) is 12.0. The quantitative estimate of drug-likeness (QED) is 0.466. The fourth-order valence-electron chi connectivity index (χ4n) is 6.20. The van der Waals surface area contributed by atoms with E-state index in [1.807, 2.05) is 35.1 Å². The minimum Gasteiger partial charge on any atom is -0.388 e. The van der Waals surface area contributed by atoms with Crippen LogP contribution in [-0.2, 0) is 22.5 Å². The van der Waals surface area contributed by atoms with Crippen LogP contribution in [0.25, 0.3) is 0 Å². The van der Waals surface area contributed by atoms with Crippen LogP contribution in [0.2, 0.25) is 0 Å². The van der Waals surface area contributed by atoms with Gasteiger partial charge in [0.05, 0.1) is 59.2 Å². The summed E-state index contributed by atoms with van der Waals surface area (Å²) >= 11 is 0. The molecule has 11 nitrogen and oxygen atoms in total. The van der Waals surface area contributed by atoms with Crippen molar-refractivity contribution in [1.29, 1.82) is 5.26 Å². The highest BCUT2D eigenvalue weighted by Gasteiger charge is 2.43. The van der Waals surface area contributed by atoms with E-state index in [-0.39, 0.29) is 24.5 Å². The molecule has 0 aromatic carbocycles. The summed E-state index contributed by atoms with van der Waals surface area (Å²) in [7, 11) is 0. The third kappa shape index (κ3) is 5.30. The molecule has 1 saturated heterocycles. The highest BCUT2D eigenvalue weighted by atomic mass is 16.5. The van der Waals surface area contributed by atoms with Crippen molar-refractivity contribution in [2.24, 2.45) is 5.73 Å². The maximum absolute atomic E-state index is 13.5. The number of hydrogen-bond donors (Lipinski definition) is 2. The Labute approximate surface area is 239 Å². The zero-order valence-electron chi connectivity index (χ0n) is 23.5. The maximum atomic E-state index is 13.5. The number of rotatable bonds is 6. The van der Waals surface area contributed by atoms with Crippen LogP contribution in [0.3, 0.4) is 0 Å². The molecule has 2 unspecified atom stereocenters. The van der Waals surface area contributed by atoms with Gasteiger partial charge in [-0.3, -0.25) is 14.5 Å². The third-order valence-corrected chi connectivity index (χ3v) is 8.43. The summed E-state index contributed by atoms with van der Waals surface area (Å²) in [5.41, 5.74) is 9.08. The van der Waals surface area contributed by atoms with E-state index in [0.717, 1.165) is 34.9 Å². The molecule has 214 valence electrons. The van der Waals surface area contributed by atoms with Crippen molar-refractivity contribution in [3.63, 3.8) is 0 Å². The number of fused-ring (bicyclic) bond motifs is 2. The Kier molecular flexibility index (Phi) is 7.01. The number of piperidine rings is 1. The number of nitrogens with two attached hydrogens (primary N) is 1. The summed E-state index contributed by atoms with van der Waals surface area (Å²) in [6, 6.07) is 10.1. The Bertz CT molecular complexity index is 1460. The largest absolute Gasteiger partial charge is 0.388 e. The first-order chi connectivity index (χ1) is 19.6. The minimum atomic E-state index is -0.933. The zero-order chi connectivity index (χ0) is 28.8. The molecule has 11 heteroatoms. The van der Waals surface area contributed by atoms with Crippen molar-refractivity contribution in [2.45, 2.75) is 69.2 Å². The van der Waals surface area contributed by atoms with Crippen molar-refractivity contribution in [1.82, 2.24) is 19.7 Å². The van der Waals surface area contributed by atoms with Gasteiger partial charge in [-0.05, 0) is 56.9 Å². The van der Waals surface area contributed by atoms with Gasteiger partial charge in [0.15, 0.2) is 0 Å². The Morgan fingerprint density at radius 3 is 2.73 bits per heavy atom. The summed E-state index contributed by atoms with van der Waals surface area (Å²) in [6.07, 6.45) is 7.56. The molecule has 1 amide bonds. The van der Waals surface area contributed by atoms with Crippen molar-refractivity contribution < 1.29 is 14.6 Å². The summed E-state index contributed by atoms with van der Waals surface area (Å²) in [5, 5.41) is 24.3. The second-order valence-electron chi connectivity index (χ2n) is 12.0. The van der Waals surface area contributed by atoms with E-state index in [1.165, 1.54) is 0 Å². The lowest BCUT2D eigenvalue weighted by Gasteiger charge is -2.40. The average Bonchev–Trinajstić information content (AvgIpc) is 3.60. The number of nitriles is 1. The number of pyridine rings is 2. The molecule has 2 atom stereocenters. The number of carbonyl (C=O) groups is 1. The van der Waals surface area contributed by atoms with Gasteiger partial charge in [0, 0.05) is 44.4 Å². The molecule has 1 fully saturated rings. The SMILES string of the molecule is CC(C)(O)COC1CC(c2ccc(N3CCC(N)(C(=O)N4CCc5ncccc54)CC3)nc2)c2c(C#N)cnn2C1. The van der Waals surface area contributed by atoms with E-state index >= 15 is 0 Å². The first-order valence-corrected chi connectivity index (χ1v) is 14.2. The van der Waals surface area contributed by atoms with Gasteiger partial charge in [-0.2, -0.15) is 10.4 Å². The smallest absolute Gasteiger partial charge is 0.247 e. The van der Waals surface area contributed by atoms with Gasteiger partial charge in [-0.25, -0.2) is 4.98 Å². The van der Waals surface area contributed by atoms with Crippen molar-refractivity contribution >= 4 is 17.4 Å². The van der Waals surface area contributed by atoms with Gasteiger partial charge in [0.1, 0.15) is 11.9 Å². The molecule has 3 aliphatic heterocycles. The lowest BCUT2D eigenvalue weighted by atomic mass is 9.86. The predicted molar refractivity (Wildman–Crippen MR) is 152 cm³/mol. The predicted octanol–water partition coefficient (Wildman–Crippen LogP) is 2.12. The van der Waals surface area contributed by atoms with Crippen LogP contribution < -0.4 is 15.5 Å². The number of amides is 1. The molecule has 3 N–H and O–H groups in total. The molecule has 0 spiro atoms. The van der Waals surface area contributed by atoms with E-state index in [2.05, 4.69) is 21.1 Å². The topological polar surface area (TPSA) is 146 Å². The van der Waals surface area contributed by atoms with Crippen molar-refractivity contribution in [2.75, 3.05) is 36.0 Å². The Morgan fingerprint density at radius 2 is 2.02 bits per heavy atom. The molecule has 41 heavy (non-hydrogen) atoms. The van der Waals surface area contributed by atoms with E-state index in [4.69, 9.17) is 15.5 Å². The molecule has 6 rings (SSSR count). The van der Waals surface area contributed by atoms with E-state index in [1.54, 1.807) is 31.1 Å². The van der Waals surface area contributed by atoms with Crippen LogP contribution in [-0.4, -0.2) is 74.2 Å². The lowest BCUT2D eigenvalue weighted by molar-refractivity contribution is -0.124. The fraction of sp³-hybridized carbons (Fsp3) is 0.500. The van der Waals surface area contributed by atoms with Crippen LogP contribution >= 0.6 is 0 Å².